The van der Waals surface area contributed by atoms with E-state index < -0.39 is 5.12 Å². The molecule has 0 saturated carbocycles. The molecule has 13 heavy (non-hydrogen) atoms. The van der Waals surface area contributed by atoms with Crippen LogP contribution < -0.4 is 5.73 Å². The zero-order chi connectivity index (χ0) is 10.0. The second-order valence-corrected chi connectivity index (χ2v) is 3.10. The number of aromatic hydroxyl groups is 1. The molecule has 3 N–H and O–H groups in total. The van der Waals surface area contributed by atoms with Gasteiger partial charge in [0.15, 0.2) is 0 Å². The molecule has 0 aromatic heterocycles. The van der Waals surface area contributed by atoms with E-state index in [1.54, 1.807) is 12.1 Å². The molecule has 0 unspecified atom stereocenters. The zero-order valence-corrected chi connectivity index (χ0v) is 8.14. The summed E-state index contributed by atoms with van der Waals surface area (Å²) in [4.78, 5) is 10.9. The van der Waals surface area contributed by atoms with Crippen LogP contribution in [0, 0.1) is 0 Å². The maximum atomic E-state index is 10.9. The lowest BCUT2D eigenvalue weighted by Crippen LogP contribution is -1.99. The average molecular weight is 197 g/mol. The molecule has 1 aromatic rings. The van der Waals surface area contributed by atoms with Gasteiger partial charge >= 0.3 is 0 Å². The highest BCUT2D eigenvalue weighted by Gasteiger charge is 2.11. The number of nitrogens with two attached hydrogens (primary N) is 1. The Morgan fingerprint density at radius 3 is 2.69 bits per heavy atom. The van der Waals surface area contributed by atoms with Crippen molar-refractivity contribution in [3.8, 4) is 5.75 Å². The number of carbonyl (C=O) groups excluding carboxylic acids is 1. The normalized spacial score (nSPS) is 10.0. The Morgan fingerprint density at radius 1 is 1.62 bits per heavy atom. The molecule has 0 heterocycles. The van der Waals surface area contributed by atoms with Gasteiger partial charge in [-0.05, 0) is 18.1 Å². The van der Waals surface area contributed by atoms with Crippen LogP contribution in [0.4, 0.5) is 5.69 Å². The third-order valence-electron chi connectivity index (χ3n) is 1.91. The van der Waals surface area contributed by atoms with Gasteiger partial charge in [-0.2, -0.15) is 0 Å². The van der Waals surface area contributed by atoms with Gasteiger partial charge in [0.25, 0.3) is 0 Å². The van der Waals surface area contributed by atoms with Gasteiger partial charge in [-0.1, -0.05) is 13.0 Å². The number of phenols is 1. The third-order valence-corrected chi connectivity index (χ3v) is 2.15. The molecular formula is C9H11NO2S. The van der Waals surface area contributed by atoms with Crippen LogP contribution in [0.1, 0.15) is 22.8 Å². The van der Waals surface area contributed by atoms with E-state index in [1.165, 1.54) is 0 Å². The van der Waals surface area contributed by atoms with Gasteiger partial charge in [0.05, 0.1) is 11.3 Å². The molecule has 0 atom stereocenters. The maximum Gasteiger partial charge on any atom is 0.218 e. The van der Waals surface area contributed by atoms with Gasteiger partial charge in [0.2, 0.25) is 5.12 Å². The van der Waals surface area contributed by atoms with E-state index in [2.05, 4.69) is 12.6 Å². The van der Waals surface area contributed by atoms with E-state index in [0.29, 0.717) is 6.42 Å². The summed E-state index contributed by atoms with van der Waals surface area (Å²) in [5.41, 5.74) is 6.63. The van der Waals surface area contributed by atoms with Crippen LogP contribution >= 0.6 is 12.6 Å². The molecule has 0 aliphatic rings. The van der Waals surface area contributed by atoms with Gasteiger partial charge in [0, 0.05) is 0 Å². The fourth-order valence-corrected chi connectivity index (χ4v) is 1.32. The molecule has 0 radical (unpaired) electrons. The van der Waals surface area contributed by atoms with Gasteiger partial charge in [-0.25, -0.2) is 0 Å². The SMILES string of the molecule is CCc1ccc(C(=O)S)c(N)c1O. The highest BCUT2D eigenvalue weighted by molar-refractivity contribution is 7.97. The van der Waals surface area contributed by atoms with Crippen molar-refractivity contribution in [2.45, 2.75) is 13.3 Å². The molecule has 0 bridgehead atoms. The molecule has 0 aliphatic carbocycles. The van der Waals surface area contributed by atoms with Gasteiger partial charge in [0.1, 0.15) is 5.75 Å². The predicted octanol–water partition coefficient (Wildman–Crippen LogP) is 1.61. The Labute approximate surface area is 82.0 Å². The van der Waals surface area contributed by atoms with Crippen molar-refractivity contribution in [3.05, 3.63) is 23.3 Å². The largest absolute Gasteiger partial charge is 0.505 e. The summed E-state index contributed by atoms with van der Waals surface area (Å²) < 4.78 is 0. The number of phenolic OH excluding ortho intramolecular Hbond substituents is 1. The fraction of sp³-hybridized carbons (Fsp3) is 0.222. The molecule has 0 fully saturated rings. The lowest BCUT2D eigenvalue weighted by Gasteiger charge is -2.07. The van der Waals surface area contributed by atoms with E-state index in [4.69, 9.17) is 5.73 Å². The van der Waals surface area contributed by atoms with E-state index in [-0.39, 0.29) is 17.0 Å². The first-order valence-corrected chi connectivity index (χ1v) is 4.36. The number of anilines is 1. The molecule has 4 heteroatoms. The monoisotopic (exact) mass is 197 g/mol. The number of hydrogen-bond donors (Lipinski definition) is 3. The molecule has 0 saturated heterocycles. The summed E-state index contributed by atoms with van der Waals surface area (Å²) in [5, 5.41) is 9.08. The smallest absolute Gasteiger partial charge is 0.218 e. The lowest BCUT2D eigenvalue weighted by molar-refractivity contribution is 0.109. The minimum Gasteiger partial charge on any atom is -0.505 e. The van der Waals surface area contributed by atoms with Crippen molar-refractivity contribution in [1.82, 2.24) is 0 Å². The molecule has 1 aromatic carbocycles. The number of hydrogen-bond acceptors (Lipinski definition) is 3. The Morgan fingerprint density at radius 2 is 2.23 bits per heavy atom. The highest BCUT2D eigenvalue weighted by Crippen LogP contribution is 2.29. The number of aryl methyl sites for hydroxylation is 1. The van der Waals surface area contributed by atoms with Gasteiger partial charge in [-0.15, -0.1) is 12.6 Å². The van der Waals surface area contributed by atoms with Crippen LogP contribution in [-0.2, 0) is 6.42 Å². The molecule has 0 amide bonds. The second kappa shape index (κ2) is 3.70. The number of benzene rings is 1. The summed E-state index contributed by atoms with van der Waals surface area (Å²) in [6.45, 7) is 1.90. The Bertz CT molecular complexity index is 350. The molecule has 1 rings (SSSR count). The van der Waals surface area contributed by atoms with E-state index in [9.17, 15) is 9.90 Å². The number of rotatable bonds is 2. The van der Waals surface area contributed by atoms with Gasteiger partial charge < -0.3 is 10.8 Å². The Balaban J connectivity index is 3.31. The van der Waals surface area contributed by atoms with Crippen molar-refractivity contribution in [3.63, 3.8) is 0 Å². The Hall–Kier alpha value is -1.16. The topological polar surface area (TPSA) is 63.3 Å². The first-order valence-electron chi connectivity index (χ1n) is 3.91. The van der Waals surface area contributed by atoms with Crippen LogP contribution in [0.2, 0.25) is 0 Å². The van der Waals surface area contributed by atoms with Crippen LogP contribution in [0.5, 0.6) is 5.75 Å². The predicted molar refractivity (Wildman–Crippen MR) is 55.2 cm³/mol. The summed E-state index contributed by atoms with van der Waals surface area (Å²) >= 11 is 3.64. The van der Waals surface area contributed by atoms with Crippen LogP contribution in [-0.4, -0.2) is 10.2 Å². The van der Waals surface area contributed by atoms with Crippen molar-refractivity contribution in [2.24, 2.45) is 0 Å². The first kappa shape index (κ1) is 9.92. The molecule has 0 aliphatic heterocycles. The van der Waals surface area contributed by atoms with E-state index in [0.717, 1.165) is 5.56 Å². The average Bonchev–Trinajstić information content (AvgIpc) is 2.09. The molecule has 70 valence electrons. The van der Waals surface area contributed by atoms with Crippen molar-refractivity contribution < 1.29 is 9.90 Å². The van der Waals surface area contributed by atoms with E-state index >= 15 is 0 Å². The summed E-state index contributed by atoms with van der Waals surface area (Å²) in [5.74, 6) is -0.0117. The van der Waals surface area contributed by atoms with Crippen molar-refractivity contribution in [2.75, 3.05) is 5.73 Å². The van der Waals surface area contributed by atoms with Crippen molar-refractivity contribution >= 4 is 23.4 Å². The minimum absolute atomic E-state index is 0.0117. The molecule has 0 spiro atoms. The highest BCUT2D eigenvalue weighted by atomic mass is 32.1. The molecule has 3 nitrogen and oxygen atoms in total. The quantitative estimate of drug-likeness (QED) is 0.383. The minimum atomic E-state index is -0.435. The second-order valence-electron chi connectivity index (χ2n) is 2.69. The number of carbonyl (C=O) groups is 1. The summed E-state index contributed by atoms with van der Waals surface area (Å²) in [7, 11) is 0. The zero-order valence-electron chi connectivity index (χ0n) is 7.24. The van der Waals surface area contributed by atoms with Crippen LogP contribution in [0.25, 0.3) is 0 Å². The Kier molecular flexibility index (Phi) is 2.83. The van der Waals surface area contributed by atoms with Gasteiger partial charge in [-0.3, -0.25) is 4.79 Å². The number of nitrogen functional groups attached to an aromatic ring is 1. The lowest BCUT2D eigenvalue weighted by atomic mass is 10.1. The van der Waals surface area contributed by atoms with Crippen molar-refractivity contribution in [1.29, 1.82) is 0 Å². The molecular weight excluding hydrogens is 186 g/mol. The first-order chi connectivity index (χ1) is 6.07. The third kappa shape index (κ3) is 1.78. The van der Waals surface area contributed by atoms with E-state index in [1.807, 2.05) is 6.92 Å². The van der Waals surface area contributed by atoms with Crippen LogP contribution in [0.15, 0.2) is 12.1 Å². The summed E-state index contributed by atoms with van der Waals surface area (Å²) in [6.07, 6.45) is 0.678. The van der Waals surface area contributed by atoms with Crippen LogP contribution in [0.3, 0.4) is 0 Å². The standard InChI is InChI=1S/C9H11NO2S/c1-2-5-3-4-6(9(12)13)7(10)8(5)11/h3-4,11H,2,10H2,1H3,(H,12,13). The summed E-state index contributed by atoms with van der Waals surface area (Å²) in [6, 6.07) is 3.25. The maximum absolute atomic E-state index is 10.9. The fourth-order valence-electron chi connectivity index (χ4n) is 1.12. The number of thiol groups is 1.